The van der Waals surface area contributed by atoms with Gasteiger partial charge in [-0.2, -0.15) is 0 Å². The quantitative estimate of drug-likeness (QED) is 0.660. The zero-order valence-corrected chi connectivity index (χ0v) is 11.6. The van der Waals surface area contributed by atoms with Gasteiger partial charge in [0.25, 0.3) is 0 Å². The molecule has 0 spiro atoms. The maximum Gasteiger partial charge on any atom is 0.120 e. The molecule has 0 fully saturated rings. The smallest absolute Gasteiger partial charge is 0.120 e. The van der Waals surface area contributed by atoms with Gasteiger partial charge in [-0.25, -0.2) is 0 Å². The van der Waals surface area contributed by atoms with Crippen LogP contribution in [0.3, 0.4) is 0 Å². The lowest BCUT2D eigenvalue weighted by molar-refractivity contribution is 0.415. The third-order valence-corrected chi connectivity index (χ3v) is 3.13. The summed E-state index contributed by atoms with van der Waals surface area (Å²) < 4.78 is 5.21. The average molecular weight is 250 g/mol. The number of methoxy groups -OCH3 is 1. The van der Waals surface area contributed by atoms with Crippen molar-refractivity contribution in [2.75, 3.05) is 19.0 Å². The van der Waals surface area contributed by atoms with E-state index in [0.29, 0.717) is 12.6 Å². The van der Waals surface area contributed by atoms with Crippen molar-refractivity contribution in [1.29, 1.82) is 0 Å². The summed E-state index contributed by atoms with van der Waals surface area (Å²) in [4.78, 5) is 0. The van der Waals surface area contributed by atoms with Crippen LogP contribution in [0.5, 0.6) is 5.75 Å². The van der Waals surface area contributed by atoms with Crippen LogP contribution < -0.4 is 15.8 Å². The summed E-state index contributed by atoms with van der Waals surface area (Å²) in [6.07, 6.45) is 6.26. The summed E-state index contributed by atoms with van der Waals surface area (Å²) in [6.45, 7) is 2.90. The van der Waals surface area contributed by atoms with Crippen LogP contribution in [0.15, 0.2) is 24.3 Å². The first-order chi connectivity index (χ1) is 8.80. The van der Waals surface area contributed by atoms with Crippen molar-refractivity contribution >= 4 is 5.69 Å². The Balaban J connectivity index is 2.41. The van der Waals surface area contributed by atoms with Crippen molar-refractivity contribution in [2.45, 2.75) is 45.1 Å². The largest absolute Gasteiger partial charge is 0.497 e. The Morgan fingerprint density at radius 3 is 2.78 bits per heavy atom. The van der Waals surface area contributed by atoms with Gasteiger partial charge in [0.15, 0.2) is 0 Å². The van der Waals surface area contributed by atoms with Crippen LogP contribution in [0.1, 0.15) is 39.0 Å². The lowest BCUT2D eigenvalue weighted by atomic mass is 10.1. The summed E-state index contributed by atoms with van der Waals surface area (Å²) in [5.41, 5.74) is 6.90. The zero-order valence-electron chi connectivity index (χ0n) is 11.6. The number of unbranched alkanes of at least 4 members (excludes halogenated alkanes) is 3. The Bertz CT molecular complexity index is 328. The second kappa shape index (κ2) is 8.81. The van der Waals surface area contributed by atoms with Gasteiger partial charge in [0.1, 0.15) is 5.75 Å². The van der Waals surface area contributed by atoms with Crippen LogP contribution in [-0.4, -0.2) is 19.7 Å². The molecular formula is C15H26N2O. The Morgan fingerprint density at radius 2 is 2.11 bits per heavy atom. The molecule has 0 heterocycles. The summed E-state index contributed by atoms with van der Waals surface area (Å²) in [5, 5.41) is 3.48. The molecule has 0 amide bonds. The van der Waals surface area contributed by atoms with Gasteiger partial charge < -0.3 is 15.8 Å². The predicted octanol–water partition coefficient (Wildman–Crippen LogP) is 3.40. The summed E-state index contributed by atoms with van der Waals surface area (Å²) in [6, 6.07) is 8.36. The fraction of sp³-hybridized carbons (Fsp3) is 0.600. The Kier molecular flexibility index (Phi) is 7.26. The number of benzene rings is 1. The van der Waals surface area contributed by atoms with Gasteiger partial charge in [0.2, 0.25) is 0 Å². The number of hydrogen-bond donors (Lipinski definition) is 2. The molecule has 3 nitrogen and oxygen atoms in total. The van der Waals surface area contributed by atoms with Crippen LogP contribution in [-0.2, 0) is 0 Å². The summed E-state index contributed by atoms with van der Waals surface area (Å²) in [5.74, 6) is 0.877. The van der Waals surface area contributed by atoms with E-state index in [0.717, 1.165) is 17.9 Å². The van der Waals surface area contributed by atoms with Crippen molar-refractivity contribution in [3.05, 3.63) is 24.3 Å². The van der Waals surface area contributed by atoms with Crippen molar-refractivity contribution in [1.82, 2.24) is 0 Å². The van der Waals surface area contributed by atoms with Crippen LogP contribution >= 0.6 is 0 Å². The molecule has 0 bridgehead atoms. The average Bonchev–Trinajstić information content (AvgIpc) is 2.42. The van der Waals surface area contributed by atoms with Crippen LogP contribution in [0.2, 0.25) is 0 Å². The van der Waals surface area contributed by atoms with Gasteiger partial charge in [-0.1, -0.05) is 38.7 Å². The minimum absolute atomic E-state index is 0.356. The standard InChI is InChI=1S/C15H26N2O/c1-3-4-5-6-8-14(12-16)17-13-9-7-10-15(11-13)18-2/h7,9-11,14,17H,3-6,8,12,16H2,1-2H3. The Labute approximate surface area is 111 Å². The van der Waals surface area contributed by atoms with Gasteiger partial charge in [-0.3, -0.25) is 0 Å². The monoisotopic (exact) mass is 250 g/mol. The fourth-order valence-corrected chi connectivity index (χ4v) is 2.02. The molecule has 1 aromatic carbocycles. The number of nitrogens with two attached hydrogens (primary N) is 1. The number of ether oxygens (including phenoxy) is 1. The van der Waals surface area contributed by atoms with E-state index in [2.05, 4.69) is 18.3 Å². The molecule has 3 heteroatoms. The lowest BCUT2D eigenvalue weighted by Gasteiger charge is -2.18. The zero-order chi connectivity index (χ0) is 13.2. The topological polar surface area (TPSA) is 47.3 Å². The highest BCUT2D eigenvalue weighted by atomic mass is 16.5. The summed E-state index contributed by atoms with van der Waals surface area (Å²) >= 11 is 0. The van der Waals surface area contributed by atoms with E-state index in [4.69, 9.17) is 10.5 Å². The van der Waals surface area contributed by atoms with Crippen LogP contribution in [0, 0.1) is 0 Å². The second-order valence-corrected chi connectivity index (χ2v) is 4.66. The molecule has 0 aliphatic rings. The molecule has 102 valence electrons. The predicted molar refractivity (Wildman–Crippen MR) is 78.2 cm³/mol. The van der Waals surface area contributed by atoms with E-state index in [1.807, 2.05) is 18.2 Å². The fourth-order valence-electron chi connectivity index (χ4n) is 2.02. The van der Waals surface area contributed by atoms with Crippen molar-refractivity contribution in [3.63, 3.8) is 0 Å². The van der Waals surface area contributed by atoms with Crippen molar-refractivity contribution in [2.24, 2.45) is 5.73 Å². The van der Waals surface area contributed by atoms with E-state index in [9.17, 15) is 0 Å². The highest BCUT2D eigenvalue weighted by Gasteiger charge is 2.06. The van der Waals surface area contributed by atoms with Crippen molar-refractivity contribution < 1.29 is 4.74 Å². The number of anilines is 1. The van der Waals surface area contributed by atoms with E-state index in [-0.39, 0.29) is 0 Å². The van der Waals surface area contributed by atoms with Gasteiger partial charge in [0.05, 0.1) is 7.11 Å². The molecule has 18 heavy (non-hydrogen) atoms. The lowest BCUT2D eigenvalue weighted by Crippen LogP contribution is -2.28. The third kappa shape index (κ3) is 5.41. The molecule has 1 unspecified atom stereocenters. The van der Waals surface area contributed by atoms with Crippen LogP contribution in [0.25, 0.3) is 0 Å². The first kappa shape index (κ1) is 14.8. The molecule has 0 saturated carbocycles. The Hall–Kier alpha value is -1.22. The van der Waals surface area contributed by atoms with Gasteiger partial charge in [-0.15, -0.1) is 0 Å². The highest BCUT2D eigenvalue weighted by molar-refractivity contribution is 5.48. The molecule has 0 aliphatic heterocycles. The second-order valence-electron chi connectivity index (χ2n) is 4.66. The maximum atomic E-state index is 5.81. The molecule has 0 saturated heterocycles. The van der Waals surface area contributed by atoms with Gasteiger partial charge >= 0.3 is 0 Å². The third-order valence-electron chi connectivity index (χ3n) is 3.13. The number of hydrogen-bond acceptors (Lipinski definition) is 3. The highest BCUT2D eigenvalue weighted by Crippen LogP contribution is 2.18. The molecule has 1 rings (SSSR count). The first-order valence-corrected chi connectivity index (χ1v) is 6.90. The molecule has 3 N–H and O–H groups in total. The normalized spacial score (nSPS) is 12.2. The van der Waals surface area contributed by atoms with Crippen LogP contribution in [0.4, 0.5) is 5.69 Å². The molecule has 0 radical (unpaired) electrons. The summed E-state index contributed by atoms with van der Waals surface area (Å²) in [7, 11) is 1.68. The number of nitrogens with one attached hydrogen (secondary N) is 1. The van der Waals surface area contributed by atoms with E-state index in [1.54, 1.807) is 7.11 Å². The SMILES string of the molecule is CCCCCCC(CN)Nc1cccc(OC)c1. The molecule has 1 atom stereocenters. The molecule has 0 aliphatic carbocycles. The minimum Gasteiger partial charge on any atom is -0.497 e. The minimum atomic E-state index is 0.356. The van der Waals surface area contributed by atoms with Crippen molar-refractivity contribution in [3.8, 4) is 5.75 Å². The first-order valence-electron chi connectivity index (χ1n) is 6.90. The number of rotatable bonds is 9. The van der Waals surface area contributed by atoms with E-state index in [1.165, 1.54) is 25.7 Å². The maximum absolute atomic E-state index is 5.81. The molecule has 1 aromatic rings. The molecule has 0 aromatic heterocycles. The van der Waals surface area contributed by atoms with E-state index < -0.39 is 0 Å². The van der Waals surface area contributed by atoms with Gasteiger partial charge in [-0.05, 0) is 18.6 Å². The molecular weight excluding hydrogens is 224 g/mol. The van der Waals surface area contributed by atoms with E-state index >= 15 is 0 Å². The Morgan fingerprint density at radius 1 is 1.28 bits per heavy atom. The van der Waals surface area contributed by atoms with Gasteiger partial charge in [0, 0.05) is 24.3 Å².